The Bertz CT molecular complexity index is 363. The van der Waals surface area contributed by atoms with E-state index in [4.69, 9.17) is 21.1 Å². The lowest BCUT2D eigenvalue weighted by atomic mass is 10.2. The number of rotatable bonds is 5. The first-order valence-electron chi connectivity index (χ1n) is 5.19. The van der Waals surface area contributed by atoms with E-state index >= 15 is 0 Å². The highest BCUT2D eigenvalue weighted by molar-refractivity contribution is 6.31. The molecule has 1 rings (SSSR count). The van der Waals surface area contributed by atoms with Crippen LogP contribution in [-0.2, 0) is 4.74 Å². The zero-order valence-corrected chi connectivity index (χ0v) is 10.2. The van der Waals surface area contributed by atoms with Gasteiger partial charge in [-0.05, 0) is 24.6 Å². The molecule has 0 N–H and O–H groups in total. The van der Waals surface area contributed by atoms with Gasteiger partial charge in [-0.1, -0.05) is 24.9 Å². The lowest BCUT2D eigenvalue weighted by Gasteiger charge is -2.08. The van der Waals surface area contributed by atoms with Gasteiger partial charge in [-0.15, -0.1) is 0 Å². The summed E-state index contributed by atoms with van der Waals surface area (Å²) < 4.78 is 10.2. The number of unbranched alkanes of at least 4 members (excludes halogenated alkanes) is 1. The number of methoxy groups -OCH3 is 1. The molecule has 0 saturated carbocycles. The SMILES string of the molecule is CCCCOC(=O)c1cc(Cl)ccc1OC. The molecule has 0 unspecified atom stereocenters. The second kappa shape index (κ2) is 6.38. The fourth-order valence-electron chi connectivity index (χ4n) is 1.23. The summed E-state index contributed by atoms with van der Waals surface area (Å²) in [5.41, 5.74) is 0.367. The van der Waals surface area contributed by atoms with E-state index < -0.39 is 5.97 Å². The van der Waals surface area contributed by atoms with Crippen molar-refractivity contribution in [1.29, 1.82) is 0 Å². The molecular formula is C12H15ClO3. The van der Waals surface area contributed by atoms with Crippen LogP contribution in [-0.4, -0.2) is 19.7 Å². The summed E-state index contributed by atoms with van der Waals surface area (Å²) in [6, 6.07) is 4.87. The first-order valence-corrected chi connectivity index (χ1v) is 5.57. The number of carbonyl (C=O) groups excluding carboxylic acids is 1. The number of ether oxygens (including phenoxy) is 2. The third-order valence-corrected chi connectivity index (χ3v) is 2.35. The Morgan fingerprint density at radius 3 is 2.81 bits per heavy atom. The van der Waals surface area contributed by atoms with Crippen molar-refractivity contribution in [1.82, 2.24) is 0 Å². The van der Waals surface area contributed by atoms with Gasteiger partial charge in [0.2, 0.25) is 0 Å². The van der Waals surface area contributed by atoms with Gasteiger partial charge in [-0.25, -0.2) is 4.79 Å². The van der Waals surface area contributed by atoms with E-state index in [0.29, 0.717) is 22.9 Å². The van der Waals surface area contributed by atoms with Gasteiger partial charge in [-0.2, -0.15) is 0 Å². The first kappa shape index (κ1) is 12.8. The Hall–Kier alpha value is -1.22. The smallest absolute Gasteiger partial charge is 0.341 e. The third-order valence-electron chi connectivity index (χ3n) is 2.11. The third kappa shape index (κ3) is 3.42. The minimum absolute atomic E-state index is 0.367. The molecular weight excluding hydrogens is 228 g/mol. The molecule has 0 amide bonds. The van der Waals surface area contributed by atoms with Crippen LogP contribution in [0.2, 0.25) is 5.02 Å². The molecule has 0 fully saturated rings. The summed E-state index contributed by atoms with van der Waals surface area (Å²) in [7, 11) is 1.51. The maximum atomic E-state index is 11.7. The second-order valence-corrected chi connectivity index (χ2v) is 3.77. The summed E-state index contributed by atoms with van der Waals surface area (Å²) >= 11 is 5.82. The zero-order valence-electron chi connectivity index (χ0n) is 9.46. The molecule has 88 valence electrons. The van der Waals surface area contributed by atoms with Gasteiger partial charge in [0.1, 0.15) is 11.3 Å². The van der Waals surface area contributed by atoms with Crippen LogP contribution < -0.4 is 4.74 Å². The highest BCUT2D eigenvalue weighted by Crippen LogP contribution is 2.23. The van der Waals surface area contributed by atoms with Crippen LogP contribution in [0.3, 0.4) is 0 Å². The van der Waals surface area contributed by atoms with E-state index in [1.807, 2.05) is 6.92 Å². The molecule has 3 nitrogen and oxygen atoms in total. The largest absolute Gasteiger partial charge is 0.496 e. The maximum absolute atomic E-state index is 11.7. The highest BCUT2D eigenvalue weighted by atomic mass is 35.5. The Labute approximate surface area is 100 Å². The Morgan fingerprint density at radius 2 is 2.19 bits per heavy atom. The molecule has 0 heterocycles. The van der Waals surface area contributed by atoms with Crippen LogP contribution in [0.15, 0.2) is 18.2 Å². The molecule has 0 aromatic heterocycles. The number of esters is 1. The van der Waals surface area contributed by atoms with Crippen molar-refractivity contribution in [3.63, 3.8) is 0 Å². The van der Waals surface area contributed by atoms with Gasteiger partial charge in [0.25, 0.3) is 0 Å². The molecule has 0 aliphatic rings. The topological polar surface area (TPSA) is 35.5 Å². The van der Waals surface area contributed by atoms with E-state index in [2.05, 4.69) is 0 Å². The summed E-state index contributed by atoms with van der Waals surface area (Å²) in [5.74, 6) is 0.0821. The molecule has 0 aliphatic heterocycles. The molecule has 0 atom stereocenters. The normalized spacial score (nSPS) is 9.94. The van der Waals surface area contributed by atoms with E-state index in [9.17, 15) is 4.79 Å². The van der Waals surface area contributed by atoms with Crippen LogP contribution in [0, 0.1) is 0 Å². The molecule has 0 aliphatic carbocycles. The number of carbonyl (C=O) groups is 1. The quantitative estimate of drug-likeness (QED) is 0.587. The molecule has 1 aromatic carbocycles. The fourth-order valence-corrected chi connectivity index (χ4v) is 1.40. The van der Waals surface area contributed by atoms with E-state index in [1.54, 1.807) is 18.2 Å². The van der Waals surface area contributed by atoms with Gasteiger partial charge in [0.05, 0.1) is 13.7 Å². The van der Waals surface area contributed by atoms with E-state index in [0.717, 1.165) is 12.8 Å². The summed E-state index contributed by atoms with van der Waals surface area (Å²) in [6.07, 6.45) is 1.84. The molecule has 0 saturated heterocycles. The number of hydrogen-bond donors (Lipinski definition) is 0. The zero-order chi connectivity index (χ0) is 12.0. The average molecular weight is 243 g/mol. The summed E-state index contributed by atoms with van der Waals surface area (Å²) in [6.45, 7) is 2.46. The fraction of sp³-hybridized carbons (Fsp3) is 0.417. The molecule has 0 bridgehead atoms. The van der Waals surface area contributed by atoms with Crippen molar-refractivity contribution in [3.8, 4) is 5.75 Å². The van der Waals surface area contributed by atoms with Crippen molar-refractivity contribution in [2.45, 2.75) is 19.8 Å². The number of benzene rings is 1. The van der Waals surface area contributed by atoms with Crippen LogP contribution in [0.4, 0.5) is 0 Å². The van der Waals surface area contributed by atoms with Crippen LogP contribution >= 0.6 is 11.6 Å². The molecule has 1 aromatic rings. The van der Waals surface area contributed by atoms with Crippen molar-refractivity contribution in [2.75, 3.05) is 13.7 Å². The minimum Gasteiger partial charge on any atom is -0.496 e. The second-order valence-electron chi connectivity index (χ2n) is 3.33. The van der Waals surface area contributed by atoms with Gasteiger partial charge in [0, 0.05) is 5.02 Å². The molecule has 16 heavy (non-hydrogen) atoms. The van der Waals surface area contributed by atoms with Crippen LogP contribution in [0.5, 0.6) is 5.75 Å². The summed E-state index contributed by atoms with van der Waals surface area (Å²) in [4.78, 5) is 11.7. The Balaban J connectivity index is 2.76. The van der Waals surface area contributed by atoms with Crippen LogP contribution in [0.1, 0.15) is 30.1 Å². The summed E-state index contributed by atoms with van der Waals surface area (Å²) in [5, 5.41) is 0.489. The maximum Gasteiger partial charge on any atom is 0.341 e. The van der Waals surface area contributed by atoms with E-state index in [-0.39, 0.29) is 0 Å². The van der Waals surface area contributed by atoms with Crippen LogP contribution in [0.25, 0.3) is 0 Å². The lowest BCUT2D eigenvalue weighted by Crippen LogP contribution is -2.08. The van der Waals surface area contributed by atoms with Crippen molar-refractivity contribution in [2.24, 2.45) is 0 Å². The standard InChI is InChI=1S/C12H15ClO3/c1-3-4-7-16-12(14)10-8-9(13)5-6-11(10)15-2/h5-6,8H,3-4,7H2,1-2H3. The predicted octanol–water partition coefficient (Wildman–Crippen LogP) is 3.31. The molecule has 0 spiro atoms. The predicted molar refractivity (Wildman–Crippen MR) is 63.2 cm³/mol. The van der Waals surface area contributed by atoms with Gasteiger partial charge in [-0.3, -0.25) is 0 Å². The Morgan fingerprint density at radius 1 is 1.44 bits per heavy atom. The van der Waals surface area contributed by atoms with Gasteiger partial charge in [0.15, 0.2) is 0 Å². The first-order chi connectivity index (χ1) is 7.69. The lowest BCUT2D eigenvalue weighted by molar-refractivity contribution is 0.0496. The average Bonchev–Trinajstić information content (AvgIpc) is 2.29. The molecule has 0 radical (unpaired) electrons. The number of halogens is 1. The highest BCUT2D eigenvalue weighted by Gasteiger charge is 2.13. The monoisotopic (exact) mass is 242 g/mol. The minimum atomic E-state index is -0.396. The van der Waals surface area contributed by atoms with Gasteiger partial charge < -0.3 is 9.47 Å². The Kier molecular flexibility index (Phi) is 5.12. The van der Waals surface area contributed by atoms with E-state index in [1.165, 1.54) is 7.11 Å². The molecule has 4 heteroatoms. The van der Waals surface area contributed by atoms with Crippen molar-refractivity contribution < 1.29 is 14.3 Å². The number of hydrogen-bond acceptors (Lipinski definition) is 3. The van der Waals surface area contributed by atoms with Gasteiger partial charge >= 0.3 is 5.97 Å². The van der Waals surface area contributed by atoms with Crippen molar-refractivity contribution >= 4 is 17.6 Å². The van der Waals surface area contributed by atoms with Crippen molar-refractivity contribution in [3.05, 3.63) is 28.8 Å².